The molecule has 0 saturated heterocycles. The normalized spacial score (nSPS) is 14.5. The van der Waals surface area contributed by atoms with Gasteiger partial charge in [0.05, 0.1) is 5.69 Å². The summed E-state index contributed by atoms with van der Waals surface area (Å²) in [6, 6.07) is 5.35. The second-order valence-electron chi connectivity index (χ2n) is 5.97. The number of aromatic nitrogens is 1. The highest BCUT2D eigenvalue weighted by molar-refractivity contribution is 6.29. The number of nitrogens with zero attached hydrogens (tertiary/aromatic N) is 1. The fourth-order valence-corrected chi connectivity index (χ4v) is 1.76. The molecule has 0 radical (unpaired) electrons. The minimum atomic E-state index is -0.530. The average Bonchev–Trinajstić information content (AvgIpc) is 2.34. The Morgan fingerprint density at radius 1 is 1.40 bits per heavy atom. The number of pyridine rings is 1. The molecule has 5 nitrogen and oxygen atoms in total. The highest BCUT2D eigenvalue weighted by atomic mass is 35.5. The summed E-state index contributed by atoms with van der Waals surface area (Å²) in [4.78, 5) is 16.0. The van der Waals surface area contributed by atoms with Crippen molar-refractivity contribution in [1.82, 2.24) is 10.3 Å². The Labute approximate surface area is 124 Å². The van der Waals surface area contributed by atoms with Gasteiger partial charge in [0, 0.05) is 18.5 Å². The van der Waals surface area contributed by atoms with Crippen molar-refractivity contribution in [3.05, 3.63) is 29.0 Å². The number of carbonyl (C=O) groups is 1. The maximum absolute atomic E-state index is 11.7. The number of hydrogen-bond donors (Lipinski definition) is 2. The van der Waals surface area contributed by atoms with Crippen molar-refractivity contribution in [2.45, 2.75) is 38.7 Å². The van der Waals surface area contributed by atoms with Crippen LogP contribution in [0.2, 0.25) is 5.15 Å². The molecular weight excluding hydrogens is 278 g/mol. The lowest BCUT2D eigenvalue weighted by Crippen LogP contribution is -2.45. The van der Waals surface area contributed by atoms with Gasteiger partial charge < -0.3 is 15.8 Å². The summed E-state index contributed by atoms with van der Waals surface area (Å²) >= 11 is 5.89. The zero-order valence-electron chi connectivity index (χ0n) is 12.4. The Morgan fingerprint density at radius 2 is 2.05 bits per heavy atom. The van der Waals surface area contributed by atoms with E-state index in [2.05, 4.69) is 10.3 Å². The van der Waals surface area contributed by atoms with Gasteiger partial charge >= 0.3 is 6.09 Å². The molecule has 1 atom stereocenters. The number of rotatable bonds is 4. The molecule has 1 aromatic rings. The van der Waals surface area contributed by atoms with Gasteiger partial charge in [0.15, 0.2) is 0 Å². The Morgan fingerprint density at radius 3 is 2.55 bits per heavy atom. The van der Waals surface area contributed by atoms with Crippen LogP contribution in [-0.4, -0.2) is 29.8 Å². The molecule has 0 fully saturated rings. The summed E-state index contributed by atoms with van der Waals surface area (Å²) in [7, 11) is 0. The van der Waals surface area contributed by atoms with Gasteiger partial charge in [0.25, 0.3) is 0 Å². The predicted octanol–water partition coefficient (Wildman–Crippen LogP) is 2.48. The first-order chi connectivity index (χ1) is 9.16. The number of alkyl carbamates (subject to hydrolysis) is 1. The number of ether oxygens (including phenoxy) is 1. The van der Waals surface area contributed by atoms with E-state index in [1.165, 1.54) is 0 Å². The van der Waals surface area contributed by atoms with Crippen LogP contribution in [0.4, 0.5) is 4.79 Å². The number of nitrogens with two attached hydrogens (primary N) is 1. The van der Waals surface area contributed by atoms with E-state index in [0.29, 0.717) is 18.2 Å². The summed E-state index contributed by atoms with van der Waals surface area (Å²) in [6.45, 7) is 8.01. The fourth-order valence-electron chi connectivity index (χ4n) is 1.59. The van der Waals surface area contributed by atoms with E-state index >= 15 is 0 Å². The van der Waals surface area contributed by atoms with Crippen molar-refractivity contribution >= 4 is 17.7 Å². The van der Waals surface area contributed by atoms with Crippen molar-refractivity contribution < 1.29 is 9.53 Å². The molecule has 0 spiro atoms. The molecule has 0 aliphatic rings. The Hall–Kier alpha value is -1.33. The molecule has 3 N–H and O–H groups in total. The summed E-state index contributed by atoms with van der Waals surface area (Å²) in [6.07, 6.45) is -0.473. The second-order valence-corrected chi connectivity index (χ2v) is 6.35. The molecule has 1 unspecified atom stereocenters. The number of hydrogen-bond acceptors (Lipinski definition) is 4. The number of carbonyl (C=O) groups excluding carboxylic acids is 1. The van der Waals surface area contributed by atoms with Gasteiger partial charge in [0.1, 0.15) is 10.8 Å². The largest absolute Gasteiger partial charge is 0.444 e. The van der Waals surface area contributed by atoms with Crippen LogP contribution in [0.1, 0.15) is 33.4 Å². The first kappa shape index (κ1) is 16.7. The van der Waals surface area contributed by atoms with Gasteiger partial charge in [-0.3, -0.25) is 0 Å². The van der Waals surface area contributed by atoms with Crippen LogP contribution in [0.5, 0.6) is 0 Å². The summed E-state index contributed by atoms with van der Waals surface area (Å²) in [5, 5.41) is 3.13. The number of amides is 1. The molecule has 0 aliphatic heterocycles. The maximum atomic E-state index is 11.7. The summed E-state index contributed by atoms with van der Waals surface area (Å²) in [5.41, 5.74) is 5.54. The number of nitrogens with one attached hydrogen (secondary N) is 1. The molecule has 6 heteroatoms. The van der Waals surface area contributed by atoms with Crippen molar-refractivity contribution in [2.75, 3.05) is 13.1 Å². The van der Waals surface area contributed by atoms with Crippen molar-refractivity contribution in [3.8, 4) is 0 Å². The molecule has 0 aliphatic carbocycles. The van der Waals surface area contributed by atoms with Gasteiger partial charge in [-0.1, -0.05) is 24.6 Å². The quantitative estimate of drug-likeness (QED) is 0.837. The zero-order valence-corrected chi connectivity index (χ0v) is 13.1. The third kappa shape index (κ3) is 4.98. The maximum Gasteiger partial charge on any atom is 0.407 e. The van der Waals surface area contributed by atoms with Gasteiger partial charge in [-0.25, -0.2) is 9.78 Å². The summed E-state index contributed by atoms with van der Waals surface area (Å²) in [5.74, 6) is 0. The number of halogens is 1. The van der Waals surface area contributed by atoms with Crippen LogP contribution in [0.3, 0.4) is 0 Å². The SMILES string of the molecule is CC(C)(C)OC(=O)NCC(C)(CN)c1cccc(Cl)n1. The second kappa shape index (κ2) is 6.41. The van der Waals surface area contributed by atoms with Gasteiger partial charge in [-0.2, -0.15) is 0 Å². The molecule has 20 heavy (non-hydrogen) atoms. The van der Waals surface area contributed by atoms with E-state index in [1.807, 2.05) is 39.8 Å². The van der Waals surface area contributed by atoms with Gasteiger partial charge in [0.2, 0.25) is 0 Å². The van der Waals surface area contributed by atoms with Crippen LogP contribution in [0.25, 0.3) is 0 Å². The molecule has 1 heterocycles. The van der Waals surface area contributed by atoms with Crippen LogP contribution < -0.4 is 11.1 Å². The van der Waals surface area contributed by atoms with Crippen molar-refractivity contribution in [1.29, 1.82) is 0 Å². The smallest absolute Gasteiger partial charge is 0.407 e. The van der Waals surface area contributed by atoms with Gasteiger partial charge in [-0.15, -0.1) is 0 Å². The standard InChI is InChI=1S/C14H22ClN3O2/c1-13(2,3)20-12(19)17-9-14(4,8-16)10-6-5-7-11(15)18-10/h5-7H,8-9,16H2,1-4H3,(H,17,19). The highest BCUT2D eigenvalue weighted by Crippen LogP contribution is 2.21. The highest BCUT2D eigenvalue weighted by Gasteiger charge is 2.28. The molecule has 112 valence electrons. The molecule has 0 saturated carbocycles. The van der Waals surface area contributed by atoms with Gasteiger partial charge in [-0.05, 0) is 32.9 Å². The van der Waals surface area contributed by atoms with E-state index < -0.39 is 17.1 Å². The molecule has 1 aromatic heterocycles. The third-order valence-corrected chi connectivity index (χ3v) is 3.02. The first-order valence-electron chi connectivity index (χ1n) is 6.46. The molecule has 1 rings (SSSR count). The molecular formula is C14H22ClN3O2. The van der Waals surface area contributed by atoms with E-state index in [4.69, 9.17) is 22.1 Å². The molecule has 1 amide bonds. The van der Waals surface area contributed by atoms with E-state index in [0.717, 1.165) is 5.69 Å². The lowest BCUT2D eigenvalue weighted by molar-refractivity contribution is 0.0516. The van der Waals surface area contributed by atoms with Crippen LogP contribution >= 0.6 is 11.6 Å². The van der Waals surface area contributed by atoms with E-state index in [9.17, 15) is 4.79 Å². The zero-order chi connectivity index (χ0) is 15.4. The molecule has 0 aromatic carbocycles. The topological polar surface area (TPSA) is 77.2 Å². The van der Waals surface area contributed by atoms with Crippen molar-refractivity contribution in [2.24, 2.45) is 5.73 Å². The summed E-state index contributed by atoms with van der Waals surface area (Å²) < 4.78 is 5.20. The Balaban J connectivity index is 2.74. The minimum Gasteiger partial charge on any atom is -0.444 e. The fraction of sp³-hybridized carbons (Fsp3) is 0.571. The first-order valence-corrected chi connectivity index (χ1v) is 6.84. The third-order valence-electron chi connectivity index (χ3n) is 2.81. The van der Waals surface area contributed by atoms with Crippen LogP contribution in [0, 0.1) is 0 Å². The van der Waals surface area contributed by atoms with Crippen molar-refractivity contribution in [3.63, 3.8) is 0 Å². The molecule has 0 bridgehead atoms. The predicted molar refractivity (Wildman–Crippen MR) is 79.9 cm³/mol. The van der Waals surface area contributed by atoms with Crippen LogP contribution in [-0.2, 0) is 10.2 Å². The monoisotopic (exact) mass is 299 g/mol. The Kier molecular flexibility index (Phi) is 5.36. The van der Waals surface area contributed by atoms with E-state index in [-0.39, 0.29) is 0 Å². The average molecular weight is 300 g/mol. The van der Waals surface area contributed by atoms with E-state index in [1.54, 1.807) is 6.07 Å². The minimum absolute atomic E-state index is 0.325. The Bertz CT molecular complexity index is 474. The lowest BCUT2D eigenvalue weighted by atomic mass is 9.86. The van der Waals surface area contributed by atoms with Crippen LogP contribution in [0.15, 0.2) is 18.2 Å². The lowest BCUT2D eigenvalue weighted by Gasteiger charge is -2.28.